The van der Waals surface area contributed by atoms with E-state index < -0.39 is 5.91 Å². The molecule has 0 aliphatic carbocycles. The first kappa shape index (κ1) is 18.5. The molecule has 4 nitrogen and oxygen atoms in total. The number of nitrogens with one attached hydrogen (secondary N) is 1. The quantitative estimate of drug-likeness (QED) is 0.696. The number of hydrogen-bond donors (Lipinski definition) is 1. The van der Waals surface area contributed by atoms with E-state index in [0.29, 0.717) is 22.0 Å². The summed E-state index contributed by atoms with van der Waals surface area (Å²) in [6.45, 7) is 4.44. The van der Waals surface area contributed by atoms with Crippen molar-refractivity contribution in [3.8, 4) is 0 Å². The minimum atomic E-state index is -0.415. The maximum atomic E-state index is 12.8. The molecule has 0 radical (unpaired) electrons. The van der Waals surface area contributed by atoms with Crippen LogP contribution in [0.5, 0.6) is 0 Å². The van der Waals surface area contributed by atoms with E-state index in [1.165, 1.54) is 0 Å². The molecule has 1 amide bonds. The molecule has 1 unspecified atom stereocenters. The number of amides is 1. The third kappa shape index (κ3) is 3.62. The van der Waals surface area contributed by atoms with Crippen molar-refractivity contribution < 1.29 is 4.79 Å². The molecular formula is C20H18Cl2N2O2. The van der Waals surface area contributed by atoms with Gasteiger partial charge in [0.15, 0.2) is 0 Å². The summed E-state index contributed by atoms with van der Waals surface area (Å²) >= 11 is 11.9. The predicted octanol–water partition coefficient (Wildman–Crippen LogP) is 4.82. The average Bonchev–Trinajstić information content (AvgIpc) is 2.62. The van der Waals surface area contributed by atoms with Crippen molar-refractivity contribution in [2.24, 2.45) is 0 Å². The van der Waals surface area contributed by atoms with Crippen molar-refractivity contribution in [1.82, 2.24) is 9.88 Å². The first-order valence-corrected chi connectivity index (χ1v) is 9.05. The topological polar surface area (TPSA) is 51.1 Å². The number of benzene rings is 2. The smallest absolute Gasteiger partial charge is 0.257 e. The molecule has 2 aromatic carbocycles. The number of nitrogens with zero attached hydrogens (tertiary/aromatic N) is 1. The molecule has 26 heavy (non-hydrogen) atoms. The SMILES string of the molecule is CCn1cc(C(=O)NC(C)c2ccc(Cl)cc2)c(=O)c2cc(Cl)ccc21. The highest BCUT2D eigenvalue weighted by atomic mass is 35.5. The lowest BCUT2D eigenvalue weighted by Gasteiger charge is -2.16. The van der Waals surface area contributed by atoms with Crippen LogP contribution in [0.15, 0.2) is 53.5 Å². The van der Waals surface area contributed by atoms with Gasteiger partial charge >= 0.3 is 0 Å². The second kappa shape index (κ2) is 7.52. The first-order valence-electron chi connectivity index (χ1n) is 8.29. The monoisotopic (exact) mass is 388 g/mol. The lowest BCUT2D eigenvalue weighted by atomic mass is 10.1. The molecular weight excluding hydrogens is 371 g/mol. The van der Waals surface area contributed by atoms with E-state index in [1.54, 1.807) is 36.5 Å². The van der Waals surface area contributed by atoms with Gasteiger partial charge in [-0.3, -0.25) is 9.59 Å². The highest BCUT2D eigenvalue weighted by Crippen LogP contribution is 2.19. The minimum absolute atomic E-state index is 0.0995. The van der Waals surface area contributed by atoms with Crippen LogP contribution in [0, 0.1) is 0 Å². The number of carbonyl (C=O) groups excluding carboxylic acids is 1. The molecule has 0 bridgehead atoms. The number of pyridine rings is 1. The zero-order valence-electron chi connectivity index (χ0n) is 14.4. The molecule has 0 saturated heterocycles. The summed E-state index contributed by atoms with van der Waals surface area (Å²) in [5.41, 5.74) is 1.43. The van der Waals surface area contributed by atoms with Crippen LogP contribution in [0.3, 0.4) is 0 Å². The molecule has 3 rings (SSSR count). The average molecular weight is 389 g/mol. The van der Waals surface area contributed by atoms with Crippen LogP contribution in [-0.4, -0.2) is 10.5 Å². The fourth-order valence-corrected chi connectivity index (χ4v) is 3.20. The molecule has 1 atom stereocenters. The van der Waals surface area contributed by atoms with Gasteiger partial charge < -0.3 is 9.88 Å². The number of aromatic nitrogens is 1. The van der Waals surface area contributed by atoms with Crippen molar-refractivity contribution in [3.05, 3.63) is 80.1 Å². The van der Waals surface area contributed by atoms with Gasteiger partial charge in [-0.25, -0.2) is 0 Å². The molecule has 1 N–H and O–H groups in total. The molecule has 0 aliphatic rings. The number of fused-ring (bicyclic) bond motifs is 1. The minimum Gasteiger partial charge on any atom is -0.347 e. The summed E-state index contributed by atoms with van der Waals surface area (Å²) in [5, 5.41) is 4.40. The number of rotatable bonds is 4. The van der Waals surface area contributed by atoms with Gasteiger partial charge in [0.2, 0.25) is 5.43 Å². The summed E-state index contributed by atoms with van der Waals surface area (Å²) in [5.74, 6) is -0.415. The number of hydrogen-bond acceptors (Lipinski definition) is 2. The zero-order valence-corrected chi connectivity index (χ0v) is 15.9. The molecule has 134 valence electrons. The normalized spacial score (nSPS) is 12.2. The van der Waals surface area contributed by atoms with Gasteiger partial charge in [0.1, 0.15) is 5.56 Å². The van der Waals surface area contributed by atoms with Crippen molar-refractivity contribution in [1.29, 1.82) is 0 Å². The van der Waals surface area contributed by atoms with E-state index in [9.17, 15) is 9.59 Å². The summed E-state index contributed by atoms with van der Waals surface area (Å²) in [6.07, 6.45) is 1.60. The van der Waals surface area contributed by atoms with Crippen molar-refractivity contribution in [2.75, 3.05) is 0 Å². The third-order valence-electron chi connectivity index (χ3n) is 4.35. The molecule has 1 aromatic heterocycles. The van der Waals surface area contributed by atoms with Crippen molar-refractivity contribution in [3.63, 3.8) is 0 Å². The Morgan fingerprint density at radius 1 is 1.12 bits per heavy atom. The van der Waals surface area contributed by atoms with E-state index >= 15 is 0 Å². The van der Waals surface area contributed by atoms with Crippen LogP contribution in [-0.2, 0) is 6.54 Å². The standard InChI is InChI=1S/C20H18Cl2N2O2/c1-3-24-11-17(19(25)16-10-15(22)8-9-18(16)24)20(26)23-12(2)13-4-6-14(21)7-5-13/h4-12H,3H2,1-2H3,(H,23,26). The molecule has 6 heteroatoms. The second-order valence-corrected chi connectivity index (χ2v) is 6.94. The Labute approximate surface area is 161 Å². The highest BCUT2D eigenvalue weighted by Gasteiger charge is 2.18. The van der Waals surface area contributed by atoms with Gasteiger partial charge in [0.25, 0.3) is 5.91 Å². The molecule has 0 aliphatic heterocycles. The van der Waals surface area contributed by atoms with E-state index in [1.807, 2.05) is 30.5 Å². The van der Waals surface area contributed by atoms with Crippen LogP contribution in [0.2, 0.25) is 10.0 Å². The summed E-state index contributed by atoms with van der Waals surface area (Å²) in [4.78, 5) is 25.5. The Morgan fingerprint density at radius 3 is 2.42 bits per heavy atom. The third-order valence-corrected chi connectivity index (χ3v) is 4.83. The molecule has 0 fully saturated rings. The van der Waals surface area contributed by atoms with Gasteiger partial charge in [-0.15, -0.1) is 0 Å². The van der Waals surface area contributed by atoms with Gasteiger partial charge in [0, 0.05) is 28.2 Å². The van der Waals surface area contributed by atoms with E-state index in [-0.39, 0.29) is 17.0 Å². The largest absolute Gasteiger partial charge is 0.347 e. The Morgan fingerprint density at radius 2 is 1.77 bits per heavy atom. The Bertz CT molecular complexity index is 1030. The maximum Gasteiger partial charge on any atom is 0.257 e. The zero-order chi connectivity index (χ0) is 18.8. The fourth-order valence-electron chi connectivity index (χ4n) is 2.90. The summed E-state index contributed by atoms with van der Waals surface area (Å²) in [7, 11) is 0. The summed E-state index contributed by atoms with van der Waals surface area (Å²) < 4.78 is 1.87. The highest BCUT2D eigenvalue weighted by molar-refractivity contribution is 6.31. The van der Waals surface area contributed by atoms with Gasteiger partial charge in [-0.05, 0) is 49.7 Å². The van der Waals surface area contributed by atoms with Crippen LogP contribution < -0.4 is 10.7 Å². The number of aryl methyl sites for hydroxylation is 1. The predicted molar refractivity (Wildman–Crippen MR) is 106 cm³/mol. The van der Waals surface area contributed by atoms with Gasteiger partial charge in [-0.2, -0.15) is 0 Å². The maximum absolute atomic E-state index is 12.8. The van der Waals surface area contributed by atoms with Gasteiger partial charge in [0.05, 0.1) is 11.6 Å². The van der Waals surface area contributed by atoms with Crippen molar-refractivity contribution in [2.45, 2.75) is 26.4 Å². The van der Waals surface area contributed by atoms with Crippen LogP contribution in [0.1, 0.15) is 35.8 Å². The van der Waals surface area contributed by atoms with Gasteiger partial charge in [-0.1, -0.05) is 35.3 Å². The molecule has 0 spiro atoms. The van der Waals surface area contributed by atoms with E-state index in [4.69, 9.17) is 23.2 Å². The molecule has 0 saturated carbocycles. The van der Waals surface area contributed by atoms with Crippen LogP contribution in [0.4, 0.5) is 0 Å². The first-order chi connectivity index (χ1) is 12.4. The number of halogens is 2. The van der Waals surface area contributed by atoms with Crippen LogP contribution >= 0.6 is 23.2 Å². The number of carbonyl (C=O) groups is 1. The lowest BCUT2D eigenvalue weighted by Crippen LogP contribution is -2.31. The fraction of sp³-hybridized carbons (Fsp3) is 0.200. The van der Waals surface area contributed by atoms with E-state index in [2.05, 4.69) is 5.32 Å². The molecule has 1 heterocycles. The molecule has 3 aromatic rings. The second-order valence-electron chi connectivity index (χ2n) is 6.07. The summed E-state index contributed by atoms with van der Waals surface area (Å²) in [6, 6.07) is 12.1. The Kier molecular flexibility index (Phi) is 5.35. The Hall–Kier alpha value is -2.30. The van der Waals surface area contributed by atoms with Crippen LogP contribution in [0.25, 0.3) is 10.9 Å². The van der Waals surface area contributed by atoms with E-state index in [0.717, 1.165) is 11.1 Å². The Balaban J connectivity index is 1.98. The van der Waals surface area contributed by atoms with Crippen molar-refractivity contribution >= 4 is 40.0 Å². The lowest BCUT2D eigenvalue weighted by molar-refractivity contribution is 0.0938.